The molecule has 0 saturated heterocycles. The van der Waals surface area contributed by atoms with Gasteiger partial charge in [0.2, 0.25) is 5.60 Å². The van der Waals surface area contributed by atoms with Gasteiger partial charge in [-0.15, -0.1) is 0 Å². The zero-order valence-corrected chi connectivity index (χ0v) is 18.6. The highest BCUT2D eigenvalue weighted by molar-refractivity contribution is 6.05. The first-order valence-corrected chi connectivity index (χ1v) is 10.2. The summed E-state index contributed by atoms with van der Waals surface area (Å²) in [5.74, 6) is -4.31. The van der Waals surface area contributed by atoms with Gasteiger partial charge in [-0.2, -0.15) is 18.3 Å². The summed E-state index contributed by atoms with van der Waals surface area (Å²) in [6, 6.07) is 5.93. The second kappa shape index (κ2) is 9.02. The lowest BCUT2D eigenvalue weighted by molar-refractivity contribution is -0.164. The van der Waals surface area contributed by atoms with Gasteiger partial charge in [0.1, 0.15) is 28.6 Å². The van der Waals surface area contributed by atoms with E-state index in [4.69, 9.17) is 4.84 Å². The number of benzene rings is 1. The number of hydrogen-bond acceptors (Lipinski definition) is 7. The maximum Gasteiger partial charge on any atom is 0.433 e. The minimum atomic E-state index is -4.84. The summed E-state index contributed by atoms with van der Waals surface area (Å²) in [5, 5.41) is 9.84. The maximum atomic E-state index is 13.8. The van der Waals surface area contributed by atoms with Gasteiger partial charge in [-0.05, 0) is 37.3 Å². The molecule has 4 rings (SSSR count). The Morgan fingerprint density at radius 1 is 1.17 bits per heavy atom. The van der Waals surface area contributed by atoms with Crippen LogP contribution in [0.25, 0.3) is 5.82 Å². The van der Waals surface area contributed by atoms with Crippen molar-refractivity contribution in [3.63, 3.8) is 0 Å². The Labute approximate surface area is 199 Å². The second-order valence-corrected chi connectivity index (χ2v) is 7.81. The van der Waals surface area contributed by atoms with Crippen molar-refractivity contribution in [3.8, 4) is 5.82 Å². The van der Waals surface area contributed by atoms with Gasteiger partial charge >= 0.3 is 12.1 Å². The third-order valence-electron chi connectivity index (χ3n) is 5.19. The van der Waals surface area contributed by atoms with Gasteiger partial charge in [0.05, 0.1) is 19.0 Å². The molecule has 1 amide bonds. The van der Waals surface area contributed by atoms with Crippen molar-refractivity contribution >= 4 is 23.3 Å². The number of aromatic nitrogens is 3. The Morgan fingerprint density at radius 3 is 2.44 bits per heavy atom. The number of methoxy groups -OCH3 is 1. The van der Waals surface area contributed by atoms with Crippen LogP contribution in [0.15, 0.2) is 47.8 Å². The van der Waals surface area contributed by atoms with Crippen LogP contribution in [-0.2, 0) is 20.5 Å². The van der Waals surface area contributed by atoms with Crippen molar-refractivity contribution < 1.29 is 41.1 Å². The van der Waals surface area contributed by atoms with Crippen molar-refractivity contribution in [3.05, 3.63) is 71.2 Å². The average molecular weight is 509 g/mol. The molecule has 0 spiro atoms. The lowest BCUT2D eigenvalue weighted by atomic mass is 9.98. The van der Waals surface area contributed by atoms with E-state index in [2.05, 4.69) is 25.3 Å². The number of alkyl halides is 3. The number of nitrogens with zero attached hydrogens (tertiary/aromatic N) is 4. The van der Waals surface area contributed by atoms with Crippen molar-refractivity contribution in [1.29, 1.82) is 0 Å². The van der Waals surface area contributed by atoms with Crippen LogP contribution < -0.4 is 5.32 Å². The Morgan fingerprint density at radius 2 is 1.86 bits per heavy atom. The first kappa shape index (κ1) is 24.8. The molecule has 2 aromatic heterocycles. The van der Waals surface area contributed by atoms with Crippen molar-refractivity contribution in [2.24, 2.45) is 5.16 Å². The van der Waals surface area contributed by atoms with Gasteiger partial charge in [0.15, 0.2) is 11.5 Å². The van der Waals surface area contributed by atoms with E-state index in [1.54, 1.807) is 0 Å². The van der Waals surface area contributed by atoms with E-state index in [0.717, 1.165) is 43.6 Å². The summed E-state index contributed by atoms with van der Waals surface area (Å²) in [6.45, 7) is 1.37. The van der Waals surface area contributed by atoms with E-state index >= 15 is 0 Å². The Kier molecular flexibility index (Phi) is 6.20. The summed E-state index contributed by atoms with van der Waals surface area (Å²) in [4.78, 5) is 33.1. The number of esters is 1. The molecule has 1 unspecified atom stereocenters. The molecule has 3 aromatic rings. The van der Waals surface area contributed by atoms with Gasteiger partial charge in [0.25, 0.3) is 5.91 Å². The van der Waals surface area contributed by atoms with Crippen LogP contribution >= 0.6 is 0 Å². The smallest absolute Gasteiger partial charge is 0.433 e. The minimum absolute atomic E-state index is 0.0112. The van der Waals surface area contributed by atoms with Crippen molar-refractivity contribution in [2.45, 2.75) is 25.1 Å². The molecule has 14 heteroatoms. The highest BCUT2D eigenvalue weighted by Gasteiger charge is 2.45. The number of hydrogen-bond donors (Lipinski definition) is 1. The van der Waals surface area contributed by atoms with Crippen LogP contribution in [0.1, 0.15) is 35.1 Å². The number of nitrogens with one attached hydrogen (secondary N) is 1. The summed E-state index contributed by atoms with van der Waals surface area (Å²) in [7, 11) is 1.13. The quantitative estimate of drug-likeness (QED) is 0.413. The molecule has 1 N–H and O–H groups in total. The van der Waals surface area contributed by atoms with Crippen LogP contribution in [0.3, 0.4) is 0 Å². The van der Waals surface area contributed by atoms with Gasteiger partial charge in [-0.1, -0.05) is 11.2 Å². The average Bonchev–Trinajstić information content (AvgIpc) is 3.44. The van der Waals surface area contributed by atoms with Gasteiger partial charge in [0, 0.05) is 6.42 Å². The van der Waals surface area contributed by atoms with E-state index in [-0.39, 0.29) is 29.3 Å². The zero-order valence-electron chi connectivity index (χ0n) is 18.6. The van der Waals surface area contributed by atoms with Crippen molar-refractivity contribution in [1.82, 2.24) is 14.8 Å². The molecule has 0 saturated carbocycles. The van der Waals surface area contributed by atoms with E-state index in [9.17, 15) is 31.5 Å². The lowest BCUT2D eigenvalue weighted by Gasteiger charge is -2.17. The van der Waals surface area contributed by atoms with Crippen LogP contribution in [0, 0.1) is 11.6 Å². The highest BCUT2D eigenvalue weighted by atomic mass is 19.4. The fraction of sp³-hybridized carbons (Fsp3) is 0.227. The number of carbonyl (C=O) groups is 2. The number of anilines is 1. The summed E-state index contributed by atoms with van der Waals surface area (Å²) < 4.78 is 73.9. The number of oxime groups is 1. The third-order valence-corrected chi connectivity index (χ3v) is 5.19. The minimum Gasteiger partial charge on any atom is -0.466 e. The summed E-state index contributed by atoms with van der Waals surface area (Å²) in [6.07, 6.45) is -4.02. The van der Waals surface area contributed by atoms with E-state index in [1.807, 2.05) is 0 Å². The number of carbonyl (C=O) groups excluding carboxylic acids is 2. The molecular formula is C22H16F5N5O4. The monoisotopic (exact) mass is 509 g/mol. The molecule has 9 nitrogen and oxygen atoms in total. The lowest BCUT2D eigenvalue weighted by Crippen LogP contribution is -2.36. The van der Waals surface area contributed by atoms with Gasteiger partial charge < -0.3 is 14.9 Å². The van der Waals surface area contributed by atoms with Gasteiger partial charge in [-0.3, -0.25) is 4.79 Å². The van der Waals surface area contributed by atoms with Crippen molar-refractivity contribution in [2.75, 3.05) is 12.4 Å². The summed E-state index contributed by atoms with van der Waals surface area (Å²) >= 11 is 0. The van der Waals surface area contributed by atoms with E-state index in [1.165, 1.54) is 13.0 Å². The molecule has 0 aliphatic carbocycles. The molecular weight excluding hydrogens is 493 g/mol. The zero-order chi connectivity index (χ0) is 26.3. The highest BCUT2D eigenvalue weighted by Crippen LogP contribution is 2.34. The summed E-state index contributed by atoms with van der Waals surface area (Å²) in [5.41, 5.74) is -3.77. The molecule has 1 atom stereocenters. The molecule has 3 heterocycles. The largest absolute Gasteiger partial charge is 0.466 e. The predicted molar refractivity (Wildman–Crippen MR) is 113 cm³/mol. The Hall–Kier alpha value is -4.36. The van der Waals surface area contributed by atoms with Crippen LogP contribution in [-0.4, -0.2) is 45.1 Å². The number of halogens is 5. The molecule has 0 fully saturated rings. The maximum absolute atomic E-state index is 13.8. The number of ether oxygens (including phenoxy) is 1. The second-order valence-electron chi connectivity index (χ2n) is 7.81. The molecule has 0 bridgehead atoms. The van der Waals surface area contributed by atoms with Crippen LogP contribution in [0.2, 0.25) is 0 Å². The van der Waals surface area contributed by atoms with Crippen LogP contribution in [0.5, 0.6) is 0 Å². The molecule has 1 aliphatic rings. The number of rotatable bonds is 5. The normalized spacial score (nSPS) is 17.4. The van der Waals surface area contributed by atoms with E-state index in [0.29, 0.717) is 4.68 Å². The van der Waals surface area contributed by atoms with Gasteiger partial charge in [-0.25, -0.2) is 23.2 Å². The number of pyridine rings is 1. The molecule has 1 aliphatic heterocycles. The molecule has 1 aromatic carbocycles. The third kappa shape index (κ3) is 4.61. The number of amides is 1. The van der Waals surface area contributed by atoms with E-state index < -0.39 is 46.5 Å². The topological polar surface area (TPSA) is 108 Å². The first-order chi connectivity index (χ1) is 16.9. The fourth-order valence-corrected chi connectivity index (χ4v) is 3.39. The Bertz CT molecular complexity index is 1350. The van der Waals surface area contributed by atoms with Crippen LogP contribution in [0.4, 0.5) is 27.6 Å². The molecule has 0 radical (unpaired) electrons. The molecule has 36 heavy (non-hydrogen) atoms. The first-order valence-electron chi connectivity index (χ1n) is 10.2. The Balaban J connectivity index is 1.61. The SMILES string of the molecule is COC(=O)C1(C)CC(c2cc(C(F)(F)F)n(-c3ccc(NC(=O)c4c(F)cccc4F)cn3)n2)=NO1. The molecule has 188 valence electrons. The standard InChI is InChI=1S/C22H16F5N5O4/c1-21(20(34)35-2)9-15(31-36-21)14-8-16(22(25,26)27)32(30-14)17-7-6-11(10-28-17)29-19(33)18-12(23)4-3-5-13(18)24/h3-8,10H,9H2,1-2H3,(H,29,33). The fourth-order valence-electron chi connectivity index (χ4n) is 3.39. The predicted octanol–water partition coefficient (Wildman–Crippen LogP) is 3.87.